The van der Waals surface area contributed by atoms with Gasteiger partial charge in [-0.25, -0.2) is 0 Å². The highest BCUT2D eigenvalue weighted by molar-refractivity contribution is 5.63. The number of anilines is 2. The first-order chi connectivity index (χ1) is 8.83. The average Bonchev–Trinajstić information content (AvgIpc) is 2.42. The molecule has 0 atom stereocenters. The van der Waals surface area contributed by atoms with Crippen molar-refractivity contribution in [2.24, 2.45) is 5.73 Å². The monoisotopic (exact) mass is 242 g/mol. The van der Waals surface area contributed by atoms with Crippen molar-refractivity contribution in [2.45, 2.75) is 13.3 Å². The second-order valence-corrected chi connectivity index (χ2v) is 4.16. The number of hydrogen-bond acceptors (Lipinski definition) is 4. The highest BCUT2D eigenvalue weighted by atomic mass is 15.3. The topological polar surface area (TPSA) is 55.0 Å². The van der Waals surface area contributed by atoms with E-state index in [-0.39, 0.29) is 0 Å². The second-order valence-electron chi connectivity index (χ2n) is 4.16. The van der Waals surface area contributed by atoms with E-state index < -0.39 is 0 Å². The Morgan fingerprint density at radius 2 is 2.00 bits per heavy atom. The van der Waals surface area contributed by atoms with Gasteiger partial charge in [0.05, 0.1) is 0 Å². The van der Waals surface area contributed by atoms with Gasteiger partial charge in [0.25, 0.3) is 0 Å². The van der Waals surface area contributed by atoms with E-state index in [1.165, 1.54) is 5.56 Å². The fourth-order valence-corrected chi connectivity index (χ4v) is 1.91. The highest BCUT2D eigenvalue weighted by Gasteiger charge is 2.11. The molecular weight excluding hydrogens is 224 g/mol. The number of benzene rings is 1. The molecule has 2 rings (SSSR count). The van der Waals surface area contributed by atoms with Crippen LogP contribution in [0.5, 0.6) is 0 Å². The number of aryl methyl sites for hydroxylation is 1. The predicted octanol–water partition coefficient (Wildman–Crippen LogP) is 2.27. The lowest BCUT2D eigenvalue weighted by Crippen LogP contribution is -2.22. The first kappa shape index (κ1) is 12.5. The Labute approximate surface area is 107 Å². The summed E-state index contributed by atoms with van der Waals surface area (Å²) in [6.07, 6.45) is 2.60. The zero-order valence-electron chi connectivity index (χ0n) is 10.6. The first-order valence-corrected chi connectivity index (χ1v) is 6.14. The Balaban J connectivity index is 2.34. The standard InChI is InChI=1S/C14H18N4/c1-12-6-2-3-7-13(12)18(11-5-9-15)14-8-4-10-16-17-14/h2-4,6-8,10H,5,9,11,15H2,1H3. The molecule has 2 N–H and O–H groups in total. The lowest BCUT2D eigenvalue weighted by atomic mass is 10.1. The summed E-state index contributed by atoms with van der Waals surface area (Å²) in [5, 5.41) is 8.13. The van der Waals surface area contributed by atoms with Gasteiger partial charge in [0.1, 0.15) is 0 Å². The Morgan fingerprint density at radius 3 is 2.67 bits per heavy atom. The Hall–Kier alpha value is -1.94. The predicted molar refractivity (Wildman–Crippen MR) is 73.9 cm³/mol. The summed E-state index contributed by atoms with van der Waals surface area (Å²) in [5.74, 6) is 0.861. The maximum Gasteiger partial charge on any atom is 0.155 e. The zero-order valence-corrected chi connectivity index (χ0v) is 10.6. The van der Waals surface area contributed by atoms with Crippen LogP contribution in [0.3, 0.4) is 0 Å². The molecular formula is C14H18N4. The summed E-state index contributed by atoms with van der Waals surface area (Å²) >= 11 is 0. The van der Waals surface area contributed by atoms with E-state index in [4.69, 9.17) is 5.73 Å². The molecule has 94 valence electrons. The van der Waals surface area contributed by atoms with Crippen molar-refractivity contribution in [1.82, 2.24) is 10.2 Å². The minimum Gasteiger partial charge on any atom is -0.330 e. The number of rotatable bonds is 5. The molecule has 4 heteroatoms. The molecule has 1 heterocycles. The fraction of sp³-hybridized carbons (Fsp3) is 0.286. The molecule has 1 aromatic heterocycles. The van der Waals surface area contributed by atoms with Gasteiger partial charge in [-0.1, -0.05) is 18.2 Å². The molecule has 0 aliphatic carbocycles. The molecule has 0 saturated heterocycles. The van der Waals surface area contributed by atoms with Crippen LogP contribution in [0.2, 0.25) is 0 Å². The van der Waals surface area contributed by atoms with Crippen molar-refractivity contribution >= 4 is 11.5 Å². The van der Waals surface area contributed by atoms with Crippen LogP contribution in [0.15, 0.2) is 42.6 Å². The van der Waals surface area contributed by atoms with Gasteiger partial charge < -0.3 is 10.6 Å². The molecule has 0 unspecified atom stereocenters. The van der Waals surface area contributed by atoms with Crippen LogP contribution in [-0.2, 0) is 0 Å². The summed E-state index contributed by atoms with van der Waals surface area (Å²) < 4.78 is 0. The van der Waals surface area contributed by atoms with Crippen LogP contribution in [0, 0.1) is 6.92 Å². The third-order valence-electron chi connectivity index (χ3n) is 2.83. The third kappa shape index (κ3) is 2.84. The maximum atomic E-state index is 5.61. The summed E-state index contributed by atoms with van der Waals surface area (Å²) in [4.78, 5) is 2.16. The molecule has 2 aromatic rings. The molecule has 0 spiro atoms. The van der Waals surface area contributed by atoms with Crippen molar-refractivity contribution in [3.05, 3.63) is 48.2 Å². The fourth-order valence-electron chi connectivity index (χ4n) is 1.91. The van der Waals surface area contributed by atoms with Gasteiger partial charge in [0, 0.05) is 18.4 Å². The lowest BCUT2D eigenvalue weighted by Gasteiger charge is -2.24. The Bertz CT molecular complexity index is 484. The SMILES string of the molecule is Cc1ccccc1N(CCCN)c1cccnn1. The Kier molecular flexibility index (Phi) is 4.25. The number of nitrogens with zero attached hydrogens (tertiary/aromatic N) is 3. The smallest absolute Gasteiger partial charge is 0.155 e. The first-order valence-electron chi connectivity index (χ1n) is 6.14. The van der Waals surface area contributed by atoms with Crippen LogP contribution >= 0.6 is 0 Å². The van der Waals surface area contributed by atoms with Gasteiger partial charge >= 0.3 is 0 Å². The summed E-state index contributed by atoms with van der Waals surface area (Å²) in [6.45, 7) is 3.61. The van der Waals surface area contributed by atoms with Gasteiger partial charge in [0.2, 0.25) is 0 Å². The van der Waals surface area contributed by atoms with Gasteiger partial charge in [-0.05, 0) is 43.7 Å². The molecule has 0 fully saturated rings. The Morgan fingerprint density at radius 1 is 1.17 bits per heavy atom. The second kappa shape index (κ2) is 6.12. The van der Waals surface area contributed by atoms with Crippen LogP contribution in [0.4, 0.5) is 11.5 Å². The van der Waals surface area contributed by atoms with Crippen molar-refractivity contribution in [1.29, 1.82) is 0 Å². The molecule has 18 heavy (non-hydrogen) atoms. The van der Waals surface area contributed by atoms with Gasteiger partial charge in [-0.2, -0.15) is 5.10 Å². The van der Waals surface area contributed by atoms with Crippen molar-refractivity contribution in [2.75, 3.05) is 18.0 Å². The van der Waals surface area contributed by atoms with Gasteiger partial charge in [-0.15, -0.1) is 5.10 Å². The van der Waals surface area contributed by atoms with Gasteiger partial charge in [-0.3, -0.25) is 0 Å². The number of aromatic nitrogens is 2. The van der Waals surface area contributed by atoms with E-state index in [0.29, 0.717) is 6.54 Å². The molecule has 0 bridgehead atoms. The zero-order chi connectivity index (χ0) is 12.8. The third-order valence-corrected chi connectivity index (χ3v) is 2.83. The van der Waals surface area contributed by atoms with Crippen molar-refractivity contribution in [3.63, 3.8) is 0 Å². The summed E-state index contributed by atoms with van der Waals surface area (Å²) in [7, 11) is 0. The van der Waals surface area contributed by atoms with Crippen LogP contribution in [0.25, 0.3) is 0 Å². The van der Waals surface area contributed by atoms with E-state index >= 15 is 0 Å². The molecule has 0 aliphatic rings. The van der Waals surface area contributed by atoms with Crippen molar-refractivity contribution in [3.8, 4) is 0 Å². The molecule has 0 aliphatic heterocycles. The minimum absolute atomic E-state index is 0.669. The van der Waals surface area contributed by atoms with Crippen LogP contribution < -0.4 is 10.6 Å². The molecule has 0 amide bonds. The van der Waals surface area contributed by atoms with E-state index in [1.54, 1.807) is 6.20 Å². The number of para-hydroxylation sites is 1. The van der Waals surface area contributed by atoms with E-state index in [0.717, 1.165) is 24.5 Å². The van der Waals surface area contributed by atoms with Crippen LogP contribution in [0.1, 0.15) is 12.0 Å². The van der Waals surface area contributed by atoms with Crippen molar-refractivity contribution < 1.29 is 0 Å². The summed E-state index contributed by atoms with van der Waals surface area (Å²) in [6, 6.07) is 12.1. The van der Waals surface area contributed by atoms with E-state index in [9.17, 15) is 0 Å². The van der Waals surface area contributed by atoms with E-state index in [1.807, 2.05) is 24.3 Å². The minimum atomic E-state index is 0.669. The molecule has 0 radical (unpaired) electrons. The van der Waals surface area contributed by atoms with Crippen LogP contribution in [-0.4, -0.2) is 23.3 Å². The normalized spacial score (nSPS) is 10.3. The largest absolute Gasteiger partial charge is 0.330 e. The number of nitrogens with two attached hydrogens (primary N) is 1. The molecule has 4 nitrogen and oxygen atoms in total. The molecule has 1 aromatic carbocycles. The molecule has 0 saturated carbocycles. The summed E-state index contributed by atoms with van der Waals surface area (Å²) in [5.41, 5.74) is 7.99. The number of hydrogen-bond donors (Lipinski definition) is 1. The van der Waals surface area contributed by atoms with Gasteiger partial charge in [0.15, 0.2) is 5.82 Å². The highest BCUT2D eigenvalue weighted by Crippen LogP contribution is 2.26. The quantitative estimate of drug-likeness (QED) is 0.874. The lowest BCUT2D eigenvalue weighted by molar-refractivity contribution is 0.800. The van der Waals surface area contributed by atoms with E-state index in [2.05, 4.69) is 34.2 Å². The maximum absolute atomic E-state index is 5.61. The average molecular weight is 242 g/mol.